The molecule has 3 rings (SSSR count). The minimum absolute atomic E-state index is 0.102. The molecule has 0 aromatic heterocycles. The molecule has 0 bridgehead atoms. The molecule has 0 N–H and O–H groups in total. The summed E-state index contributed by atoms with van der Waals surface area (Å²) in [6.07, 6.45) is 0.696. The van der Waals surface area contributed by atoms with Gasteiger partial charge in [-0.3, -0.25) is 0 Å². The molecule has 158 valence electrons. The SMILES string of the molecule is CCOC(=O)c1cccc(Cc2ccc3ccccc3c2O[Si](C)(C)C(C)(C)C)c1. The Kier molecular flexibility index (Phi) is 6.37. The van der Waals surface area contributed by atoms with Gasteiger partial charge >= 0.3 is 5.97 Å². The quantitative estimate of drug-likeness (QED) is 0.318. The lowest BCUT2D eigenvalue weighted by molar-refractivity contribution is 0.0526. The summed E-state index contributed by atoms with van der Waals surface area (Å²) in [5, 5.41) is 2.42. The van der Waals surface area contributed by atoms with Crippen molar-refractivity contribution in [2.75, 3.05) is 6.61 Å². The zero-order valence-corrected chi connectivity index (χ0v) is 19.9. The van der Waals surface area contributed by atoms with E-state index in [0.29, 0.717) is 18.6 Å². The molecular formula is C26H32O3Si. The largest absolute Gasteiger partial charge is 0.543 e. The molecule has 0 amide bonds. The molecule has 0 aliphatic rings. The third-order valence-electron chi connectivity index (χ3n) is 5.96. The first-order valence-electron chi connectivity index (χ1n) is 10.6. The molecule has 0 aliphatic heterocycles. The molecule has 0 aliphatic carbocycles. The molecule has 3 aromatic carbocycles. The molecule has 0 spiro atoms. The Labute approximate surface area is 181 Å². The van der Waals surface area contributed by atoms with E-state index in [1.54, 1.807) is 6.07 Å². The van der Waals surface area contributed by atoms with Crippen molar-refractivity contribution in [1.29, 1.82) is 0 Å². The maximum Gasteiger partial charge on any atom is 0.338 e. The van der Waals surface area contributed by atoms with Crippen molar-refractivity contribution in [2.45, 2.75) is 52.2 Å². The van der Waals surface area contributed by atoms with Crippen molar-refractivity contribution in [3.05, 3.63) is 77.4 Å². The van der Waals surface area contributed by atoms with E-state index in [-0.39, 0.29) is 11.0 Å². The van der Waals surface area contributed by atoms with Crippen LogP contribution in [-0.4, -0.2) is 20.9 Å². The van der Waals surface area contributed by atoms with Crippen molar-refractivity contribution in [2.24, 2.45) is 0 Å². The molecule has 0 unspecified atom stereocenters. The van der Waals surface area contributed by atoms with Gasteiger partial charge in [0.2, 0.25) is 0 Å². The van der Waals surface area contributed by atoms with Crippen LogP contribution in [0.4, 0.5) is 0 Å². The zero-order chi connectivity index (χ0) is 21.9. The molecule has 30 heavy (non-hydrogen) atoms. The van der Waals surface area contributed by atoms with Crippen LogP contribution < -0.4 is 4.43 Å². The summed E-state index contributed by atoms with van der Waals surface area (Å²) in [5.41, 5.74) is 2.79. The number of carbonyl (C=O) groups excluding carboxylic acids is 1. The second-order valence-electron chi connectivity index (χ2n) is 9.23. The summed E-state index contributed by atoms with van der Waals surface area (Å²) < 4.78 is 12.0. The third kappa shape index (κ3) is 4.76. The second-order valence-corrected chi connectivity index (χ2v) is 14.0. The van der Waals surface area contributed by atoms with E-state index in [4.69, 9.17) is 9.16 Å². The summed E-state index contributed by atoms with van der Waals surface area (Å²) >= 11 is 0. The van der Waals surface area contributed by atoms with Crippen LogP contribution >= 0.6 is 0 Å². The van der Waals surface area contributed by atoms with Gasteiger partial charge in [0.1, 0.15) is 5.75 Å². The lowest BCUT2D eigenvalue weighted by Gasteiger charge is -2.37. The van der Waals surface area contributed by atoms with E-state index in [1.807, 2.05) is 25.1 Å². The van der Waals surface area contributed by atoms with Gasteiger partial charge in [-0.15, -0.1) is 0 Å². The standard InChI is InChI=1S/C26H32O3Si/c1-7-28-25(27)22-13-10-11-19(18-22)17-21-16-15-20-12-8-9-14-23(20)24(21)29-30(5,6)26(2,3)4/h8-16,18H,7,17H2,1-6H3. The highest BCUT2D eigenvalue weighted by atomic mass is 28.4. The fraction of sp³-hybridized carbons (Fsp3) is 0.346. The smallest absolute Gasteiger partial charge is 0.338 e. The summed E-state index contributed by atoms with van der Waals surface area (Å²) in [4.78, 5) is 12.1. The number of rotatable bonds is 6. The molecule has 0 saturated heterocycles. The molecule has 0 radical (unpaired) electrons. The van der Waals surface area contributed by atoms with Gasteiger partial charge in [-0.05, 0) is 53.7 Å². The van der Waals surface area contributed by atoms with Crippen LogP contribution in [0, 0.1) is 0 Å². The van der Waals surface area contributed by atoms with Gasteiger partial charge < -0.3 is 9.16 Å². The highest BCUT2D eigenvalue weighted by Crippen LogP contribution is 2.41. The van der Waals surface area contributed by atoms with Crippen LogP contribution in [0.1, 0.15) is 49.2 Å². The van der Waals surface area contributed by atoms with E-state index in [2.05, 4.69) is 70.3 Å². The fourth-order valence-electron chi connectivity index (χ4n) is 3.20. The first-order chi connectivity index (χ1) is 14.1. The fourth-order valence-corrected chi connectivity index (χ4v) is 4.26. The first kappa shape index (κ1) is 22.1. The molecule has 0 fully saturated rings. The van der Waals surface area contributed by atoms with Crippen molar-refractivity contribution in [1.82, 2.24) is 0 Å². The molecular weight excluding hydrogens is 388 g/mol. The van der Waals surface area contributed by atoms with Gasteiger partial charge in [0.15, 0.2) is 0 Å². The van der Waals surface area contributed by atoms with E-state index < -0.39 is 8.32 Å². The van der Waals surface area contributed by atoms with Crippen LogP contribution in [0.3, 0.4) is 0 Å². The summed E-state index contributed by atoms with van der Waals surface area (Å²) in [5.74, 6) is 0.692. The van der Waals surface area contributed by atoms with Crippen LogP contribution in [0.5, 0.6) is 5.75 Å². The van der Waals surface area contributed by atoms with E-state index >= 15 is 0 Å². The van der Waals surface area contributed by atoms with E-state index in [0.717, 1.165) is 22.3 Å². The van der Waals surface area contributed by atoms with E-state index in [1.165, 1.54) is 5.39 Å². The lowest BCUT2D eigenvalue weighted by atomic mass is 9.98. The maximum absolute atomic E-state index is 12.1. The van der Waals surface area contributed by atoms with Gasteiger partial charge in [0.25, 0.3) is 8.32 Å². The second kappa shape index (κ2) is 8.64. The maximum atomic E-state index is 12.1. The number of carbonyl (C=O) groups is 1. The van der Waals surface area contributed by atoms with Crippen LogP contribution in [-0.2, 0) is 11.2 Å². The monoisotopic (exact) mass is 420 g/mol. The van der Waals surface area contributed by atoms with E-state index in [9.17, 15) is 4.79 Å². The predicted molar refractivity (Wildman–Crippen MR) is 127 cm³/mol. The summed E-state index contributed by atoms with van der Waals surface area (Å²) in [6.45, 7) is 13.5. The van der Waals surface area contributed by atoms with Gasteiger partial charge in [0, 0.05) is 11.8 Å². The number of benzene rings is 3. The zero-order valence-electron chi connectivity index (χ0n) is 18.9. The Morgan fingerprint density at radius 3 is 2.40 bits per heavy atom. The number of hydrogen-bond donors (Lipinski definition) is 0. The Hall–Kier alpha value is -2.59. The highest BCUT2D eigenvalue weighted by molar-refractivity contribution is 6.74. The Morgan fingerprint density at radius 2 is 1.70 bits per heavy atom. The number of fused-ring (bicyclic) bond motifs is 1. The summed E-state index contributed by atoms with van der Waals surface area (Å²) in [6, 6.07) is 20.4. The van der Waals surface area contributed by atoms with Crippen LogP contribution in [0.15, 0.2) is 60.7 Å². The normalized spacial score (nSPS) is 12.1. The van der Waals surface area contributed by atoms with Crippen LogP contribution in [0.25, 0.3) is 10.8 Å². The highest BCUT2D eigenvalue weighted by Gasteiger charge is 2.39. The Bertz CT molecular complexity index is 1050. The van der Waals surface area contributed by atoms with Crippen molar-refractivity contribution in [3.63, 3.8) is 0 Å². The van der Waals surface area contributed by atoms with Gasteiger partial charge in [-0.25, -0.2) is 4.79 Å². The predicted octanol–water partition coefficient (Wildman–Crippen LogP) is 6.99. The van der Waals surface area contributed by atoms with Crippen LogP contribution in [0.2, 0.25) is 18.1 Å². The van der Waals surface area contributed by atoms with Gasteiger partial charge in [-0.1, -0.05) is 69.3 Å². The van der Waals surface area contributed by atoms with Crippen molar-refractivity contribution in [3.8, 4) is 5.75 Å². The first-order valence-corrected chi connectivity index (χ1v) is 13.5. The molecule has 0 atom stereocenters. The summed E-state index contributed by atoms with van der Waals surface area (Å²) in [7, 11) is -2.03. The number of ether oxygens (including phenoxy) is 1. The molecule has 4 heteroatoms. The minimum Gasteiger partial charge on any atom is -0.543 e. The average Bonchev–Trinajstić information content (AvgIpc) is 2.69. The van der Waals surface area contributed by atoms with Gasteiger partial charge in [-0.2, -0.15) is 0 Å². The molecule has 0 saturated carbocycles. The Morgan fingerprint density at radius 1 is 0.967 bits per heavy atom. The molecule has 3 nitrogen and oxygen atoms in total. The third-order valence-corrected chi connectivity index (χ3v) is 10.3. The topological polar surface area (TPSA) is 35.5 Å². The Balaban J connectivity index is 2.04. The molecule has 3 aromatic rings. The lowest BCUT2D eigenvalue weighted by Crippen LogP contribution is -2.44. The number of hydrogen-bond acceptors (Lipinski definition) is 3. The average molecular weight is 421 g/mol. The van der Waals surface area contributed by atoms with Crippen molar-refractivity contribution >= 4 is 25.1 Å². The molecule has 0 heterocycles. The minimum atomic E-state index is -2.03. The van der Waals surface area contributed by atoms with Gasteiger partial charge in [0.05, 0.1) is 12.2 Å². The number of esters is 1. The van der Waals surface area contributed by atoms with Crippen molar-refractivity contribution < 1.29 is 14.0 Å².